The van der Waals surface area contributed by atoms with E-state index in [1.54, 1.807) is 35.7 Å². The Hall–Kier alpha value is -0.790. The summed E-state index contributed by atoms with van der Waals surface area (Å²) in [4.78, 5) is 1.60. The molecule has 1 heterocycles. The maximum atomic E-state index is 14.2. The Morgan fingerprint density at radius 2 is 2.20 bits per heavy atom. The molecule has 1 fully saturated rings. The summed E-state index contributed by atoms with van der Waals surface area (Å²) in [5.74, 6) is 0.712. The highest BCUT2D eigenvalue weighted by molar-refractivity contribution is 8.01. The van der Waals surface area contributed by atoms with E-state index < -0.39 is 27.1 Å². The van der Waals surface area contributed by atoms with Gasteiger partial charge in [0.05, 0.1) is 11.8 Å². The summed E-state index contributed by atoms with van der Waals surface area (Å²) in [6.45, 7) is 2.05. The van der Waals surface area contributed by atoms with Crippen LogP contribution in [0.25, 0.3) is 0 Å². The van der Waals surface area contributed by atoms with Crippen molar-refractivity contribution in [1.82, 2.24) is 0 Å². The van der Waals surface area contributed by atoms with Gasteiger partial charge in [-0.05, 0) is 24.6 Å². The Morgan fingerprint density at radius 3 is 2.75 bits per heavy atom. The molecule has 2 atom stereocenters. The van der Waals surface area contributed by atoms with Crippen molar-refractivity contribution in [2.45, 2.75) is 18.4 Å². The molecule has 0 spiro atoms. The molecule has 0 aromatic heterocycles. The van der Waals surface area contributed by atoms with Crippen LogP contribution in [0.4, 0.5) is 10.1 Å². The van der Waals surface area contributed by atoms with Gasteiger partial charge in [0, 0.05) is 24.3 Å². The molecule has 1 N–H and O–H groups in total. The molecule has 0 saturated carbocycles. The Bertz CT molecular complexity index is 589. The Kier molecular flexibility index (Phi) is 4.61. The highest BCUT2D eigenvalue weighted by Gasteiger charge is 2.32. The molecule has 1 aromatic carbocycles. The number of aliphatic hydroxyl groups excluding tert-OH is 1. The molecule has 0 amide bonds. The number of aliphatic hydroxyl groups is 1. The van der Waals surface area contributed by atoms with Gasteiger partial charge in [0.2, 0.25) is 0 Å². The smallest absolute Gasteiger partial charge is 0.169 e. The molecule has 20 heavy (non-hydrogen) atoms. The van der Waals surface area contributed by atoms with Crippen LogP contribution in [-0.4, -0.2) is 43.2 Å². The van der Waals surface area contributed by atoms with E-state index in [2.05, 4.69) is 0 Å². The third kappa shape index (κ3) is 3.27. The SMILES string of the molecule is C[C@@H](O)c1ccc(N2CCSCC2S(C)(=O)=O)c(F)c1. The fraction of sp³-hybridized carbons (Fsp3) is 0.538. The maximum absolute atomic E-state index is 14.2. The van der Waals surface area contributed by atoms with Gasteiger partial charge in [0.1, 0.15) is 11.2 Å². The zero-order valence-corrected chi connectivity index (χ0v) is 13.0. The lowest BCUT2D eigenvalue weighted by molar-refractivity contribution is 0.199. The minimum Gasteiger partial charge on any atom is -0.389 e. The van der Waals surface area contributed by atoms with Crippen LogP contribution in [0.2, 0.25) is 0 Å². The van der Waals surface area contributed by atoms with Gasteiger partial charge < -0.3 is 10.0 Å². The number of anilines is 1. The lowest BCUT2D eigenvalue weighted by Crippen LogP contribution is -2.47. The lowest BCUT2D eigenvalue weighted by atomic mass is 10.1. The van der Waals surface area contributed by atoms with Crippen LogP contribution in [0.5, 0.6) is 0 Å². The van der Waals surface area contributed by atoms with Crippen LogP contribution in [0, 0.1) is 5.82 Å². The summed E-state index contributed by atoms with van der Waals surface area (Å²) in [7, 11) is -3.28. The normalized spacial score (nSPS) is 21.8. The molecule has 7 heteroatoms. The highest BCUT2D eigenvalue weighted by atomic mass is 32.2. The fourth-order valence-corrected chi connectivity index (χ4v) is 5.06. The van der Waals surface area contributed by atoms with Crippen molar-refractivity contribution < 1.29 is 17.9 Å². The first kappa shape index (κ1) is 15.6. The first-order valence-corrected chi connectivity index (χ1v) is 9.42. The van der Waals surface area contributed by atoms with E-state index in [0.717, 1.165) is 5.75 Å². The molecule has 1 aliphatic rings. The molecule has 4 nitrogen and oxygen atoms in total. The minimum absolute atomic E-state index is 0.283. The zero-order valence-electron chi connectivity index (χ0n) is 11.4. The highest BCUT2D eigenvalue weighted by Crippen LogP contribution is 2.30. The van der Waals surface area contributed by atoms with Crippen molar-refractivity contribution in [2.24, 2.45) is 0 Å². The number of thioether (sulfide) groups is 1. The largest absolute Gasteiger partial charge is 0.389 e. The van der Waals surface area contributed by atoms with Gasteiger partial charge in [-0.2, -0.15) is 11.8 Å². The van der Waals surface area contributed by atoms with Gasteiger partial charge >= 0.3 is 0 Å². The van der Waals surface area contributed by atoms with Crippen LogP contribution in [0.1, 0.15) is 18.6 Å². The minimum atomic E-state index is -3.28. The van der Waals surface area contributed by atoms with Gasteiger partial charge in [0.15, 0.2) is 9.84 Å². The van der Waals surface area contributed by atoms with Crippen molar-refractivity contribution >= 4 is 27.3 Å². The number of nitrogens with zero attached hydrogens (tertiary/aromatic N) is 1. The summed E-state index contributed by atoms with van der Waals surface area (Å²) in [5.41, 5.74) is 0.763. The van der Waals surface area contributed by atoms with Crippen LogP contribution in [0.3, 0.4) is 0 Å². The molecule has 0 radical (unpaired) electrons. The third-order valence-corrected chi connectivity index (χ3v) is 5.99. The van der Waals surface area contributed by atoms with Crippen molar-refractivity contribution in [3.8, 4) is 0 Å². The summed E-state index contributed by atoms with van der Waals surface area (Å²) in [6.07, 6.45) is 0.430. The fourth-order valence-electron chi connectivity index (χ4n) is 2.23. The quantitative estimate of drug-likeness (QED) is 0.921. The predicted molar refractivity (Wildman–Crippen MR) is 80.3 cm³/mol. The number of rotatable bonds is 3. The second-order valence-corrected chi connectivity index (χ2v) is 8.29. The Balaban J connectivity index is 2.38. The van der Waals surface area contributed by atoms with Crippen LogP contribution >= 0.6 is 11.8 Å². The zero-order chi connectivity index (χ0) is 14.9. The number of halogens is 1. The third-order valence-electron chi connectivity index (χ3n) is 3.34. The van der Waals surface area contributed by atoms with Gasteiger partial charge in [-0.3, -0.25) is 0 Å². The molecule has 1 saturated heterocycles. The van der Waals surface area contributed by atoms with Gasteiger partial charge in [-0.1, -0.05) is 6.07 Å². The topological polar surface area (TPSA) is 57.6 Å². The molecular weight excluding hydrogens is 301 g/mol. The van der Waals surface area contributed by atoms with Crippen LogP contribution < -0.4 is 4.90 Å². The lowest BCUT2D eigenvalue weighted by Gasteiger charge is -2.36. The molecule has 2 rings (SSSR count). The first-order chi connectivity index (χ1) is 9.30. The van der Waals surface area contributed by atoms with Gasteiger partial charge in [-0.25, -0.2) is 12.8 Å². The molecule has 1 unspecified atom stereocenters. The second-order valence-electron chi connectivity index (χ2n) is 4.94. The molecule has 112 valence electrons. The summed E-state index contributed by atoms with van der Waals surface area (Å²) in [6, 6.07) is 4.44. The molecule has 1 aromatic rings. The van der Waals surface area contributed by atoms with Crippen molar-refractivity contribution in [2.75, 3.05) is 29.2 Å². The Morgan fingerprint density at radius 1 is 1.50 bits per heavy atom. The van der Waals surface area contributed by atoms with E-state index in [-0.39, 0.29) is 5.69 Å². The van der Waals surface area contributed by atoms with Gasteiger partial charge in [-0.15, -0.1) is 0 Å². The summed E-state index contributed by atoms with van der Waals surface area (Å²) >= 11 is 1.56. The van der Waals surface area contributed by atoms with Crippen molar-refractivity contribution in [3.05, 3.63) is 29.6 Å². The van der Waals surface area contributed by atoms with E-state index in [0.29, 0.717) is 17.9 Å². The molecular formula is C13H18FNO3S2. The number of hydrogen-bond acceptors (Lipinski definition) is 5. The number of sulfone groups is 1. The number of benzene rings is 1. The van der Waals surface area contributed by atoms with E-state index in [4.69, 9.17) is 0 Å². The molecule has 0 bridgehead atoms. The summed E-state index contributed by atoms with van der Waals surface area (Å²) in [5, 5.41) is 8.75. The maximum Gasteiger partial charge on any atom is 0.169 e. The summed E-state index contributed by atoms with van der Waals surface area (Å²) < 4.78 is 37.9. The van der Waals surface area contributed by atoms with E-state index in [1.165, 1.54) is 12.3 Å². The van der Waals surface area contributed by atoms with Crippen molar-refractivity contribution in [3.63, 3.8) is 0 Å². The van der Waals surface area contributed by atoms with E-state index in [9.17, 15) is 17.9 Å². The monoisotopic (exact) mass is 319 g/mol. The first-order valence-electron chi connectivity index (χ1n) is 6.31. The van der Waals surface area contributed by atoms with Crippen molar-refractivity contribution in [1.29, 1.82) is 0 Å². The second kappa shape index (κ2) is 5.91. The van der Waals surface area contributed by atoms with E-state index >= 15 is 0 Å². The van der Waals surface area contributed by atoms with Gasteiger partial charge in [0.25, 0.3) is 0 Å². The molecule has 0 aliphatic carbocycles. The standard InChI is InChI=1S/C13H18FNO3S2/c1-9(16)10-3-4-12(11(14)7-10)15-5-6-19-8-13(15)20(2,17)18/h3-4,7,9,13,16H,5-6,8H2,1-2H3/t9-,13?/m1/s1. The number of hydrogen-bond donors (Lipinski definition) is 1. The average molecular weight is 319 g/mol. The van der Waals surface area contributed by atoms with Crippen LogP contribution in [-0.2, 0) is 9.84 Å². The Labute approximate surface area is 122 Å². The van der Waals surface area contributed by atoms with Crippen LogP contribution in [0.15, 0.2) is 18.2 Å². The van der Waals surface area contributed by atoms with E-state index in [1.807, 2.05) is 0 Å². The predicted octanol–water partition coefficient (Wildman–Crippen LogP) is 1.80. The average Bonchev–Trinajstić information content (AvgIpc) is 2.37. The molecule has 1 aliphatic heterocycles.